The molecule has 0 saturated carbocycles. The number of piperidine rings is 1. The van der Waals surface area contributed by atoms with E-state index in [2.05, 4.69) is 9.62 Å². The highest BCUT2D eigenvalue weighted by molar-refractivity contribution is 7.92. The second-order valence-corrected chi connectivity index (χ2v) is 13.2. The average Bonchev–Trinajstić information content (AvgIpc) is 3.34. The van der Waals surface area contributed by atoms with Gasteiger partial charge in [0.1, 0.15) is 11.4 Å². The van der Waals surface area contributed by atoms with Crippen LogP contribution in [0.4, 0.5) is 10.5 Å². The normalized spacial score (nSPS) is 16.4. The van der Waals surface area contributed by atoms with Crippen LogP contribution in [0, 0.1) is 6.92 Å². The topological polar surface area (TPSA) is 116 Å². The van der Waals surface area contributed by atoms with Gasteiger partial charge in [0, 0.05) is 29.7 Å². The predicted molar refractivity (Wildman–Crippen MR) is 158 cm³/mol. The van der Waals surface area contributed by atoms with Gasteiger partial charge >= 0.3 is 12.1 Å². The fourth-order valence-electron chi connectivity index (χ4n) is 5.49. The summed E-state index contributed by atoms with van der Waals surface area (Å²) in [7, 11) is -0.700. The number of fused-ring (bicyclic) bond motifs is 1. The third-order valence-electron chi connectivity index (χ3n) is 7.14. The number of anilines is 1. The van der Waals surface area contributed by atoms with Crippen molar-refractivity contribution >= 4 is 38.7 Å². The van der Waals surface area contributed by atoms with Gasteiger partial charge < -0.3 is 14.2 Å². The van der Waals surface area contributed by atoms with Crippen LogP contribution in [-0.4, -0.2) is 62.6 Å². The summed E-state index contributed by atoms with van der Waals surface area (Å²) in [5.74, 6) is 0.159. The molecule has 41 heavy (non-hydrogen) atoms. The van der Waals surface area contributed by atoms with Gasteiger partial charge in [-0.05, 0) is 82.5 Å². The molecule has 0 radical (unpaired) electrons. The lowest BCUT2D eigenvalue weighted by Crippen LogP contribution is -2.34. The van der Waals surface area contributed by atoms with Gasteiger partial charge in [0.25, 0.3) is 0 Å². The number of aryl methyl sites for hydroxylation is 1. The van der Waals surface area contributed by atoms with E-state index in [-0.39, 0.29) is 11.6 Å². The number of carbonyl (C=O) groups excluding carboxylic acids is 2. The lowest BCUT2D eigenvalue weighted by molar-refractivity contribution is 0.0542. The molecule has 3 aromatic rings. The van der Waals surface area contributed by atoms with Crippen LogP contribution >= 0.6 is 0 Å². The van der Waals surface area contributed by atoms with E-state index in [1.165, 1.54) is 17.7 Å². The van der Waals surface area contributed by atoms with Gasteiger partial charge in [-0.25, -0.2) is 18.0 Å². The number of ether oxygens (including phenoxy) is 3. The highest BCUT2D eigenvalue weighted by atomic mass is 32.2. The zero-order valence-corrected chi connectivity index (χ0v) is 25.6. The Morgan fingerprint density at radius 2 is 1.83 bits per heavy atom. The van der Waals surface area contributed by atoms with Crippen molar-refractivity contribution in [2.24, 2.45) is 0 Å². The van der Waals surface area contributed by atoms with Crippen molar-refractivity contribution in [2.75, 3.05) is 31.7 Å². The lowest BCUT2D eigenvalue weighted by atomic mass is 9.92. The van der Waals surface area contributed by atoms with Crippen LogP contribution in [0.15, 0.2) is 36.5 Å². The number of rotatable bonds is 7. The van der Waals surface area contributed by atoms with Crippen molar-refractivity contribution in [3.63, 3.8) is 0 Å². The van der Waals surface area contributed by atoms with E-state index in [4.69, 9.17) is 14.2 Å². The number of nitrogens with one attached hydrogen (secondary N) is 1. The van der Waals surface area contributed by atoms with Crippen LogP contribution in [-0.2, 0) is 26.0 Å². The zero-order valence-electron chi connectivity index (χ0n) is 24.7. The monoisotopic (exact) mass is 585 g/mol. The number of benzene rings is 2. The maximum Gasteiger partial charge on any atom is 0.419 e. The number of methoxy groups -OCH3 is 2. The Kier molecular flexibility index (Phi) is 8.70. The highest BCUT2D eigenvalue weighted by Gasteiger charge is 2.30. The van der Waals surface area contributed by atoms with Crippen molar-refractivity contribution in [3.05, 3.63) is 58.8 Å². The second-order valence-electron chi connectivity index (χ2n) is 11.5. The number of aromatic nitrogens is 1. The third kappa shape index (κ3) is 6.84. The molecule has 0 amide bonds. The summed E-state index contributed by atoms with van der Waals surface area (Å²) in [6.45, 7) is 8.70. The Morgan fingerprint density at radius 3 is 2.46 bits per heavy atom. The van der Waals surface area contributed by atoms with Gasteiger partial charge in [0.05, 0.1) is 37.2 Å². The molecule has 0 unspecified atom stereocenters. The summed E-state index contributed by atoms with van der Waals surface area (Å²) in [6.07, 6.45) is 5.09. The first kappa shape index (κ1) is 30.4. The molecule has 10 nitrogen and oxygen atoms in total. The zero-order chi connectivity index (χ0) is 30.1. The number of sulfonamides is 1. The quantitative estimate of drug-likeness (QED) is 0.355. The van der Waals surface area contributed by atoms with Crippen molar-refractivity contribution in [1.82, 2.24) is 9.47 Å². The molecule has 1 fully saturated rings. The Hall–Kier alpha value is -3.57. The predicted octanol–water partition coefficient (Wildman–Crippen LogP) is 5.63. The van der Waals surface area contributed by atoms with Crippen LogP contribution in [0.25, 0.3) is 10.9 Å². The standard InChI is InChI=1S/C30H39N3O7S/c1-19-16-26(38-5)23(21-13-15-33(27(19)21)29(35)40-30(2,3)4)18-32-14-9-8-10-25(32)22-12-11-20(28(34)39-6)17-24(22)31-41(7,36)37/h11-13,15-17,25,31H,8-10,14,18H2,1-7H3/t25-/m0/s1. The molecular formula is C30H39N3O7S. The molecule has 1 N–H and O–H groups in total. The summed E-state index contributed by atoms with van der Waals surface area (Å²) in [6, 6.07) is 8.69. The summed E-state index contributed by atoms with van der Waals surface area (Å²) in [5.41, 5.74) is 3.30. The minimum Gasteiger partial charge on any atom is -0.496 e. The maximum absolute atomic E-state index is 13.0. The van der Waals surface area contributed by atoms with E-state index < -0.39 is 27.7 Å². The molecule has 0 bridgehead atoms. The smallest absolute Gasteiger partial charge is 0.419 e. The molecule has 1 saturated heterocycles. The van der Waals surface area contributed by atoms with Crippen LogP contribution in [0.2, 0.25) is 0 Å². The summed E-state index contributed by atoms with van der Waals surface area (Å²) in [5, 5.41) is 0.882. The fraction of sp³-hybridized carbons (Fsp3) is 0.467. The van der Waals surface area contributed by atoms with Crippen molar-refractivity contribution in [2.45, 2.75) is 65.1 Å². The molecule has 4 rings (SSSR count). The number of likely N-dealkylation sites (tertiary alicyclic amines) is 1. The molecule has 1 aliphatic heterocycles. The molecule has 1 atom stereocenters. The first-order valence-electron chi connectivity index (χ1n) is 13.6. The number of hydrogen-bond donors (Lipinski definition) is 1. The van der Waals surface area contributed by atoms with E-state index in [9.17, 15) is 18.0 Å². The molecular weight excluding hydrogens is 546 g/mol. The molecule has 2 heterocycles. The van der Waals surface area contributed by atoms with Gasteiger partial charge in [0.15, 0.2) is 0 Å². The van der Waals surface area contributed by atoms with Gasteiger partial charge in [-0.1, -0.05) is 12.5 Å². The third-order valence-corrected chi connectivity index (χ3v) is 7.73. The average molecular weight is 586 g/mol. The van der Waals surface area contributed by atoms with Gasteiger partial charge in [-0.2, -0.15) is 0 Å². The minimum atomic E-state index is -3.61. The van der Waals surface area contributed by atoms with E-state index >= 15 is 0 Å². The molecule has 0 spiro atoms. The first-order chi connectivity index (χ1) is 19.2. The minimum absolute atomic E-state index is 0.131. The molecule has 222 valence electrons. The largest absolute Gasteiger partial charge is 0.496 e. The molecule has 11 heteroatoms. The van der Waals surface area contributed by atoms with Gasteiger partial charge in [-0.3, -0.25) is 14.2 Å². The van der Waals surface area contributed by atoms with Crippen LogP contribution < -0.4 is 9.46 Å². The Morgan fingerprint density at radius 1 is 1.10 bits per heavy atom. The van der Waals surface area contributed by atoms with E-state index in [0.29, 0.717) is 18.0 Å². The Bertz CT molecular complexity index is 1570. The number of esters is 1. The molecule has 1 aliphatic rings. The number of hydrogen-bond acceptors (Lipinski definition) is 8. The van der Waals surface area contributed by atoms with E-state index in [1.807, 2.05) is 39.8 Å². The van der Waals surface area contributed by atoms with Crippen molar-refractivity contribution < 1.29 is 32.2 Å². The van der Waals surface area contributed by atoms with Crippen molar-refractivity contribution in [1.29, 1.82) is 0 Å². The van der Waals surface area contributed by atoms with Crippen LogP contribution in [0.1, 0.15) is 73.1 Å². The molecule has 1 aromatic heterocycles. The van der Waals surface area contributed by atoms with E-state index in [1.54, 1.807) is 25.4 Å². The summed E-state index contributed by atoms with van der Waals surface area (Å²) in [4.78, 5) is 27.5. The van der Waals surface area contributed by atoms with Crippen molar-refractivity contribution in [3.8, 4) is 5.75 Å². The Labute approximate surface area is 241 Å². The number of nitrogens with zero attached hydrogens (tertiary/aromatic N) is 2. The second kappa shape index (κ2) is 11.7. The number of carbonyl (C=O) groups is 2. The van der Waals surface area contributed by atoms with Gasteiger partial charge in [0.2, 0.25) is 10.0 Å². The fourth-order valence-corrected chi connectivity index (χ4v) is 6.06. The van der Waals surface area contributed by atoms with Crippen LogP contribution in [0.5, 0.6) is 5.75 Å². The van der Waals surface area contributed by atoms with Crippen LogP contribution in [0.3, 0.4) is 0 Å². The summed E-state index contributed by atoms with van der Waals surface area (Å²) < 4.78 is 45.0. The SMILES string of the molecule is COC(=O)c1ccc([C@@H]2CCCCN2Cc2c(OC)cc(C)c3c2ccn3C(=O)OC(C)(C)C)c(NS(C)(=O)=O)c1. The summed E-state index contributed by atoms with van der Waals surface area (Å²) >= 11 is 0. The lowest BCUT2D eigenvalue weighted by Gasteiger charge is -2.37. The molecule has 2 aromatic carbocycles. The Balaban J connectivity index is 1.78. The van der Waals surface area contributed by atoms with E-state index in [0.717, 1.165) is 59.7 Å². The molecule has 0 aliphatic carbocycles. The highest BCUT2D eigenvalue weighted by Crippen LogP contribution is 2.40. The van der Waals surface area contributed by atoms with Gasteiger partial charge in [-0.15, -0.1) is 0 Å². The first-order valence-corrected chi connectivity index (χ1v) is 15.5. The maximum atomic E-state index is 13.0.